The fraction of sp³-hybridized carbons (Fsp3) is 0.0870. The van der Waals surface area contributed by atoms with Crippen molar-refractivity contribution in [3.8, 4) is 5.75 Å². The molecule has 1 saturated heterocycles. The van der Waals surface area contributed by atoms with Gasteiger partial charge in [-0.25, -0.2) is 0 Å². The van der Waals surface area contributed by atoms with Gasteiger partial charge in [0.1, 0.15) is 11.5 Å². The van der Waals surface area contributed by atoms with Gasteiger partial charge in [0.25, 0.3) is 11.7 Å². The van der Waals surface area contributed by atoms with E-state index in [0.717, 1.165) is 0 Å². The summed E-state index contributed by atoms with van der Waals surface area (Å²) in [7, 11) is 1.54. The highest BCUT2D eigenvalue weighted by Crippen LogP contribution is 2.41. The second-order valence-electron chi connectivity index (χ2n) is 6.52. The summed E-state index contributed by atoms with van der Waals surface area (Å²) < 4.78 is 5.14. The van der Waals surface area contributed by atoms with Gasteiger partial charge in [0.15, 0.2) is 0 Å². The molecule has 2 heterocycles. The van der Waals surface area contributed by atoms with Crippen molar-refractivity contribution in [3.63, 3.8) is 0 Å². The highest BCUT2D eigenvalue weighted by Gasteiger charge is 2.47. The highest BCUT2D eigenvalue weighted by molar-refractivity contribution is 6.51. The summed E-state index contributed by atoms with van der Waals surface area (Å²) in [6, 6.07) is 18.3. The molecule has 4 rings (SSSR count). The van der Waals surface area contributed by atoms with Crippen molar-refractivity contribution in [1.29, 1.82) is 0 Å². The molecule has 2 aromatic carbocycles. The molecular weight excluding hydrogens is 368 g/mol. The van der Waals surface area contributed by atoms with E-state index in [1.165, 1.54) is 4.90 Å². The van der Waals surface area contributed by atoms with Crippen LogP contribution in [0.2, 0.25) is 0 Å². The maximum atomic E-state index is 13.0. The molecule has 6 heteroatoms. The number of nitrogens with zero attached hydrogens (tertiary/aromatic N) is 2. The van der Waals surface area contributed by atoms with E-state index in [-0.39, 0.29) is 11.3 Å². The van der Waals surface area contributed by atoms with Crippen LogP contribution in [0.15, 0.2) is 84.7 Å². The number of methoxy groups -OCH3 is 1. The molecular formula is C23H18N2O4. The molecule has 29 heavy (non-hydrogen) atoms. The van der Waals surface area contributed by atoms with Crippen LogP contribution < -0.4 is 9.64 Å². The normalized spacial score (nSPS) is 18.1. The fourth-order valence-electron chi connectivity index (χ4n) is 3.44. The number of carbonyl (C=O) groups excluding carboxylic acids is 2. The van der Waals surface area contributed by atoms with Gasteiger partial charge in [0.2, 0.25) is 0 Å². The summed E-state index contributed by atoms with van der Waals surface area (Å²) in [5.41, 5.74) is 1.64. The SMILES string of the molecule is COc1ccc(/C(O)=C2/C(=O)C(=O)N(c3ccccc3)C2c2cccnc2)cc1. The lowest BCUT2D eigenvalue weighted by atomic mass is 9.96. The monoisotopic (exact) mass is 386 g/mol. The van der Waals surface area contributed by atoms with Crippen LogP contribution in [0.1, 0.15) is 17.2 Å². The molecule has 3 aromatic rings. The minimum atomic E-state index is -0.784. The molecule has 0 spiro atoms. The number of benzene rings is 2. The van der Waals surface area contributed by atoms with Crippen LogP contribution >= 0.6 is 0 Å². The number of aliphatic hydroxyl groups excluding tert-OH is 1. The number of hydrogen-bond acceptors (Lipinski definition) is 5. The summed E-state index contributed by atoms with van der Waals surface area (Å²) in [5, 5.41) is 11.0. The van der Waals surface area contributed by atoms with Crippen molar-refractivity contribution in [2.45, 2.75) is 6.04 Å². The lowest BCUT2D eigenvalue weighted by molar-refractivity contribution is -0.132. The summed E-state index contributed by atoms with van der Waals surface area (Å²) in [5.74, 6) is -1.05. The van der Waals surface area contributed by atoms with Crippen molar-refractivity contribution in [1.82, 2.24) is 4.98 Å². The minimum absolute atomic E-state index is 0.0250. The van der Waals surface area contributed by atoms with Gasteiger partial charge in [-0.15, -0.1) is 0 Å². The van der Waals surface area contributed by atoms with E-state index in [4.69, 9.17) is 4.74 Å². The van der Waals surface area contributed by atoms with Gasteiger partial charge in [0, 0.05) is 23.6 Å². The van der Waals surface area contributed by atoms with Crippen molar-refractivity contribution < 1.29 is 19.4 Å². The molecule has 0 aliphatic carbocycles. The standard InChI is InChI=1S/C23H18N2O4/c1-29-18-11-9-15(10-12-18)21(26)19-20(16-6-5-13-24-14-16)25(23(28)22(19)27)17-7-3-2-4-8-17/h2-14,20,26H,1H3/b21-19-. The molecule has 1 aromatic heterocycles. The molecule has 1 amide bonds. The van der Waals surface area contributed by atoms with Crippen LogP contribution in [0.25, 0.3) is 5.76 Å². The van der Waals surface area contributed by atoms with E-state index in [2.05, 4.69) is 4.98 Å². The zero-order valence-corrected chi connectivity index (χ0v) is 15.6. The Bertz CT molecular complexity index is 1080. The smallest absolute Gasteiger partial charge is 0.300 e. The van der Waals surface area contributed by atoms with Gasteiger partial charge in [0.05, 0.1) is 18.7 Å². The van der Waals surface area contributed by atoms with Crippen LogP contribution in [-0.2, 0) is 9.59 Å². The quantitative estimate of drug-likeness (QED) is 0.420. The van der Waals surface area contributed by atoms with Gasteiger partial charge in [-0.1, -0.05) is 24.3 Å². The Hall–Kier alpha value is -3.93. The lowest BCUT2D eigenvalue weighted by Crippen LogP contribution is -2.29. The molecule has 0 saturated carbocycles. The van der Waals surface area contributed by atoms with Crippen molar-refractivity contribution in [2.24, 2.45) is 0 Å². The number of carbonyl (C=O) groups is 2. The first-order valence-electron chi connectivity index (χ1n) is 9.02. The Kier molecular flexibility index (Phi) is 4.83. The van der Waals surface area contributed by atoms with Gasteiger partial charge < -0.3 is 9.84 Å². The van der Waals surface area contributed by atoms with Crippen LogP contribution in [0.3, 0.4) is 0 Å². The molecule has 6 nitrogen and oxygen atoms in total. The number of amides is 1. The van der Waals surface area contributed by atoms with E-state index >= 15 is 0 Å². The number of pyridine rings is 1. The van der Waals surface area contributed by atoms with Gasteiger partial charge in [-0.2, -0.15) is 0 Å². The Labute approximate surface area is 167 Å². The minimum Gasteiger partial charge on any atom is -0.507 e. The average molecular weight is 386 g/mol. The Morgan fingerprint density at radius 2 is 1.72 bits per heavy atom. The third-order valence-electron chi connectivity index (χ3n) is 4.84. The van der Waals surface area contributed by atoms with E-state index in [1.54, 1.807) is 80.2 Å². The largest absolute Gasteiger partial charge is 0.507 e. The first-order valence-corrected chi connectivity index (χ1v) is 9.02. The van der Waals surface area contributed by atoms with Gasteiger partial charge in [-0.05, 0) is 48.0 Å². The number of anilines is 1. The van der Waals surface area contributed by atoms with Crippen LogP contribution in [-0.4, -0.2) is 28.9 Å². The molecule has 0 bridgehead atoms. The number of Topliss-reactive ketones (excluding diaryl/α,β-unsaturated/α-hetero) is 1. The number of aromatic nitrogens is 1. The predicted molar refractivity (Wildman–Crippen MR) is 108 cm³/mol. The molecule has 1 aliphatic heterocycles. The maximum Gasteiger partial charge on any atom is 0.300 e. The topological polar surface area (TPSA) is 79.7 Å². The number of rotatable bonds is 4. The lowest BCUT2D eigenvalue weighted by Gasteiger charge is -2.25. The molecule has 1 fully saturated rings. The van der Waals surface area contributed by atoms with Crippen LogP contribution in [0, 0.1) is 0 Å². The van der Waals surface area contributed by atoms with Crippen LogP contribution in [0.5, 0.6) is 5.75 Å². The summed E-state index contributed by atoms with van der Waals surface area (Å²) >= 11 is 0. The average Bonchev–Trinajstić information content (AvgIpc) is 3.05. The highest BCUT2D eigenvalue weighted by atomic mass is 16.5. The summed E-state index contributed by atoms with van der Waals surface area (Å²) in [4.78, 5) is 31.4. The first-order chi connectivity index (χ1) is 14.1. The number of ether oxygens (including phenoxy) is 1. The van der Waals surface area contributed by atoms with E-state index < -0.39 is 17.7 Å². The number of aliphatic hydroxyl groups is 1. The van der Waals surface area contributed by atoms with Gasteiger partial charge in [-0.3, -0.25) is 19.5 Å². The Morgan fingerprint density at radius 3 is 2.34 bits per heavy atom. The molecule has 144 valence electrons. The fourth-order valence-corrected chi connectivity index (χ4v) is 3.44. The molecule has 1 unspecified atom stereocenters. The molecule has 1 N–H and O–H groups in total. The Morgan fingerprint density at radius 1 is 1.00 bits per heavy atom. The van der Waals surface area contributed by atoms with E-state index in [1.807, 2.05) is 6.07 Å². The van der Waals surface area contributed by atoms with Crippen LogP contribution in [0.4, 0.5) is 5.69 Å². The van der Waals surface area contributed by atoms with Crippen molar-refractivity contribution in [3.05, 3.63) is 95.8 Å². The van der Waals surface area contributed by atoms with E-state index in [0.29, 0.717) is 22.6 Å². The van der Waals surface area contributed by atoms with Gasteiger partial charge >= 0.3 is 0 Å². The Balaban J connectivity index is 1.91. The number of para-hydroxylation sites is 1. The zero-order valence-electron chi connectivity index (χ0n) is 15.6. The molecule has 0 radical (unpaired) electrons. The third-order valence-corrected chi connectivity index (χ3v) is 4.84. The zero-order chi connectivity index (χ0) is 20.4. The predicted octanol–water partition coefficient (Wildman–Crippen LogP) is 3.72. The molecule has 1 aliphatic rings. The number of ketones is 1. The third kappa shape index (κ3) is 3.25. The second kappa shape index (κ2) is 7.59. The van der Waals surface area contributed by atoms with Crippen molar-refractivity contribution >= 4 is 23.1 Å². The summed E-state index contributed by atoms with van der Waals surface area (Å²) in [6.45, 7) is 0. The first kappa shape index (κ1) is 18.4. The summed E-state index contributed by atoms with van der Waals surface area (Å²) in [6.07, 6.45) is 3.20. The second-order valence-corrected chi connectivity index (χ2v) is 6.52. The number of hydrogen-bond donors (Lipinski definition) is 1. The maximum absolute atomic E-state index is 13.0. The molecule has 1 atom stereocenters. The van der Waals surface area contributed by atoms with Crippen molar-refractivity contribution in [2.75, 3.05) is 12.0 Å². The van der Waals surface area contributed by atoms with E-state index in [9.17, 15) is 14.7 Å².